The van der Waals surface area contributed by atoms with Gasteiger partial charge in [0.2, 0.25) is 0 Å². The van der Waals surface area contributed by atoms with Crippen LogP contribution in [0.5, 0.6) is 0 Å². The number of hydrogen-bond donors (Lipinski definition) is 2. The first kappa shape index (κ1) is 19.4. The van der Waals surface area contributed by atoms with E-state index in [-0.39, 0.29) is 11.8 Å². The first-order valence-electron chi connectivity index (χ1n) is 9.49. The lowest BCUT2D eigenvalue weighted by atomic mass is 10.1. The van der Waals surface area contributed by atoms with E-state index < -0.39 is 0 Å². The van der Waals surface area contributed by atoms with Gasteiger partial charge in [0.15, 0.2) is 0 Å². The Morgan fingerprint density at radius 2 is 1.04 bits per heavy atom. The molecule has 2 N–H and O–H groups in total. The minimum Gasteiger partial charge on any atom is -0.322 e. The van der Waals surface area contributed by atoms with Crippen LogP contribution in [0.25, 0.3) is 0 Å². The van der Waals surface area contributed by atoms with Crippen LogP contribution in [-0.2, 0) is 12.8 Å². The summed E-state index contributed by atoms with van der Waals surface area (Å²) in [5.74, 6) is -0.489. The van der Waals surface area contributed by atoms with Gasteiger partial charge in [0.05, 0.1) is 0 Å². The molecule has 0 aliphatic heterocycles. The molecule has 0 saturated heterocycles. The fourth-order valence-corrected chi connectivity index (χ4v) is 2.86. The van der Waals surface area contributed by atoms with E-state index in [0.29, 0.717) is 11.1 Å². The maximum atomic E-state index is 12.5. The van der Waals surface area contributed by atoms with Crippen LogP contribution in [0.15, 0.2) is 72.8 Å². The normalized spacial score (nSPS) is 10.4. The number of rotatable bonds is 6. The Bertz CT molecular complexity index is 884. The highest BCUT2D eigenvalue weighted by Gasteiger charge is 2.11. The minimum atomic E-state index is -0.244. The van der Waals surface area contributed by atoms with Crippen LogP contribution in [0.1, 0.15) is 45.7 Å². The zero-order valence-electron chi connectivity index (χ0n) is 16.2. The Balaban J connectivity index is 1.69. The smallest absolute Gasteiger partial charge is 0.255 e. The number of aryl methyl sites for hydroxylation is 2. The van der Waals surface area contributed by atoms with Gasteiger partial charge in [-0.25, -0.2) is 0 Å². The average molecular weight is 372 g/mol. The Hall–Kier alpha value is -3.40. The van der Waals surface area contributed by atoms with E-state index in [0.717, 1.165) is 24.2 Å². The maximum Gasteiger partial charge on any atom is 0.255 e. The van der Waals surface area contributed by atoms with Gasteiger partial charge in [-0.05, 0) is 66.4 Å². The molecule has 0 radical (unpaired) electrons. The summed E-state index contributed by atoms with van der Waals surface area (Å²) in [7, 11) is 0. The van der Waals surface area contributed by atoms with Crippen molar-refractivity contribution in [1.82, 2.24) is 0 Å². The first-order valence-corrected chi connectivity index (χ1v) is 9.49. The Labute approximate surface area is 165 Å². The molecular formula is C24H24N2O2. The summed E-state index contributed by atoms with van der Waals surface area (Å²) in [6.45, 7) is 4.17. The summed E-state index contributed by atoms with van der Waals surface area (Å²) in [4.78, 5) is 25.1. The van der Waals surface area contributed by atoms with Crippen molar-refractivity contribution in [2.45, 2.75) is 26.7 Å². The molecule has 0 fully saturated rings. The molecule has 0 spiro atoms. The van der Waals surface area contributed by atoms with Crippen LogP contribution in [0, 0.1) is 0 Å². The van der Waals surface area contributed by atoms with Crippen molar-refractivity contribution in [1.29, 1.82) is 0 Å². The van der Waals surface area contributed by atoms with Gasteiger partial charge in [0.1, 0.15) is 0 Å². The third-order valence-electron chi connectivity index (χ3n) is 4.63. The molecule has 28 heavy (non-hydrogen) atoms. The number of benzene rings is 3. The summed E-state index contributed by atoms with van der Waals surface area (Å²) in [6.07, 6.45) is 1.90. The molecule has 3 rings (SSSR count). The van der Waals surface area contributed by atoms with Gasteiger partial charge in [-0.1, -0.05) is 44.2 Å². The second-order valence-electron chi connectivity index (χ2n) is 6.59. The van der Waals surface area contributed by atoms with Crippen LogP contribution in [0.3, 0.4) is 0 Å². The van der Waals surface area contributed by atoms with Crippen molar-refractivity contribution in [2.75, 3.05) is 10.6 Å². The zero-order valence-corrected chi connectivity index (χ0v) is 16.2. The molecule has 0 atom stereocenters. The molecule has 0 bridgehead atoms. The molecule has 0 aliphatic rings. The maximum absolute atomic E-state index is 12.5. The summed E-state index contributed by atoms with van der Waals surface area (Å²) in [6, 6.07) is 22.2. The van der Waals surface area contributed by atoms with Crippen molar-refractivity contribution in [2.24, 2.45) is 0 Å². The summed E-state index contributed by atoms with van der Waals surface area (Å²) in [5.41, 5.74) is 4.76. The van der Waals surface area contributed by atoms with E-state index >= 15 is 0 Å². The molecule has 4 nitrogen and oxygen atoms in total. The Kier molecular flexibility index (Phi) is 6.22. The van der Waals surface area contributed by atoms with Gasteiger partial charge in [0.25, 0.3) is 11.8 Å². The topological polar surface area (TPSA) is 58.2 Å². The molecule has 4 heteroatoms. The standard InChI is InChI=1S/C24H24N2O2/c1-3-17-8-12-21(13-9-17)25-23(27)19-6-5-7-20(16-19)24(28)26-22-14-10-18(4-2)11-15-22/h5-16H,3-4H2,1-2H3,(H,25,27)(H,26,28). The van der Waals surface area contributed by atoms with Crippen molar-refractivity contribution in [3.8, 4) is 0 Å². The molecule has 0 aliphatic carbocycles. The van der Waals surface area contributed by atoms with Crippen LogP contribution in [0.4, 0.5) is 11.4 Å². The predicted molar refractivity (Wildman–Crippen MR) is 114 cm³/mol. The highest BCUT2D eigenvalue weighted by molar-refractivity contribution is 6.08. The third-order valence-corrected chi connectivity index (χ3v) is 4.63. The van der Waals surface area contributed by atoms with E-state index in [1.54, 1.807) is 24.3 Å². The SMILES string of the molecule is CCc1ccc(NC(=O)c2cccc(C(=O)Nc3ccc(CC)cc3)c2)cc1. The minimum absolute atomic E-state index is 0.244. The monoisotopic (exact) mass is 372 g/mol. The molecule has 3 aromatic rings. The Morgan fingerprint density at radius 1 is 0.643 bits per heavy atom. The average Bonchev–Trinajstić information content (AvgIpc) is 2.75. The lowest BCUT2D eigenvalue weighted by Gasteiger charge is -2.09. The second kappa shape index (κ2) is 9.00. The third kappa shape index (κ3) is 4.86. The van der Waals surface area contributed by atoms with Gasteiger partial charge in [-0.2, -0.15) is 0 Å². The number of amides is 2. The van der Waals surface area contributed by atoms with Crippen molar-refractivity contribution >= 4 is 23.2 Å². The van der Waals surface area contributed by atoms with Gasteiger partial charge in [-0.3, -0.25) is 9.59 Å². The van der Waals surface area contributed by atoms with Crippen molar-refractivity contribution in [3.05, 3.63) is 95.1 Å². The van der Waals surface area contributed by atoms with Crippen LogP contribution >= 0.6 is 0 Å². The number of hydrogen-bond acceptors (Lipinski definition) is 2. The summed E-state index contributed by atoms with van der Waals surface area (Å²) < 4.78 is 0. The lowest BCUT2D eigenvalue weighted by Crippen LogP contribution is -2.15. The first-order chi connectivity index (χ1) is 13.6. The number of carbonyl (C=O) groups is 2. The van der Waals surface area contributed by atoms with E-state index in [1.807, 2.05) is 48.5 Å². The van der Waals surface area contributed by atoms with Gasteiger partial charge in [0, 0.05) is 22.5 Å². The van der Waals surface area contributed by atoms with Gasteiger partial charge >= 0.3 is 0 Å². The largest absolute Gasteiger partial charge is 0.322 e. The fourth-order valence-electron chi connectivity index (χ4n) is 2.86. The van der Waals surface area contributed by atoms with E-state index in [9.17, 15) is 9.59 Å². The highest BCUT2D eigenvalue weighted by atomic mass is 16.2. The van der Waals surface area contributed by atoms with E-state index in [4.69, 9.17) is 0 Å². The Morgan fingerprint density at radius 3 is 1.39 bits per heavy atom. The summed E-state index contributed by atoms with van der Waals surface area (Å²) in [5, 5.41) is 5.73. The van der Waals surface area contributed by atoms with Crippen LogP contribution in [0.2, 0.25) is 0 Å². The van der Waals surface area contributed by atoms with Crippen molar-refractivity contribution < 1.29 is 9.59 Å². The van der Waals surface area contributed by atoms with Gasteiger partial charge < -0.3 is 10.6 Å². The number of nitrogens with one attached hydrogen (secondary N) is 2. The van der Waals surface area contributed by atoms with Crippen LogP contribution < -0.4 is 10.6 Å². The molecule has 0 aromatic heterocycles. The lowest BCUT2D eigenvalue weighted by molar-refractivity contribution is 0.102. The molecule has 0 unspecified atom stereocenters. The van der Waals surface area contributed by atoms with E-state index in [1.165, 1.54) is 11.1 Å². The van der Waals surface area contributed by atoms with Crippen LogP contribution in [-0.4, -0.2) is 11.8 Å². The molecule has 2 amide bonds. The zero-order chi connectivity index (χ0) is 19.9. The molecule has 142 valence electrons. The molecule has 0 saturated carbocycles. The summed E-state index contributed by atoms with van der Waals surface area (Å²) >= 11 is 0. The number of carbonyl (C=O) groups excluding carboxylic acids is 2. The van der Waals surface area contributed by atoms with Gasteiger partial charge in [-0.15, -0.1) is 0 Å². The predicted octanol–water partition coefficient (Wildman–Crippen LogP) is 5.32. The fraction of sp³-hybridized carbons (Fsp3) is 0.167. The molecule has 0 heterocycles. The molecule has 3 aromatic carbocycles. The van der Waals surface area contributed by atoms with Crippen molar-refractivity contribution in [3.63, 3.8) is 0 Å². The quantitative estimate of drug-likeness (QED) is 0.615. The van der Waals surface area contributed by atoms with E-state index in [2.05, 4.69) is 24.5 Å². The molecular weight excluding hydrogens is 348 g/mol. The number of anilines is 2. The second-order valence-corrected chi connectivity index (χ2v) is 6.59. The highest BCUT2D eigenvalue weighted by Crippen LogP contribution is 2.15.